The molecular weight excluding hydrogens is 438 g/mol. The van der Waals surface area contributed by atoms with Crippen LogP contribution in [0.3, 0.4) is 0 Å². The monoisotopic (exact) mass is 477 g/mol. The van der Waals surface area contributed by atoms with Gasteiger partial charge in [0, 0.05) is 63.6 Å². The van der Waals surface area contributed by atoms with Gasteiger partial charge in [0.15, 0.2) is 0 Å². The van der Waals surface area contributed by atoms with Crippen LogP contribution in [0.2, 0.25) is 0 Å². The Kier molecular flexibility index (Phi) is 7.89. The van der Waals surface area contributed by atoms with Crippen molar-refractivity contribution in [2.24, 2.45) is 5.41 Å². The highest BCUT2D eigenvalue weighted by atomic mass is 32.1. The second-order valence-corrected chi connectivity index (χ2v) is 11.3. The number of fused-ring (bicyclic) bond motifs is 1. The fourth-order valence-electron chi connectivity index (χ4n) is 5.03. The summed E-state index contributed by atoms with van der Waals surface area (Å²) in [6.07, 6.45) is 5.89. The summed E-state index contributed by atoms with van der Waals surface area (Å²) in [5.41, 5.74) is 8.83. The highest BCUT2D eigenvalue weighted by Crippen LogP contribution is 2.37. The topological polar surface area (TPSA) is 35.5 Å². The molecule has 1 aliphatic rings. The standard InChI is InChI=1S/C28H39N5S/c1-6-33-20-28(3,4)19-31(5)26-16-23(9-10-25(26)33)11-14-32(18-27-22(2)30-21-34-27)15-12-24-8-7-13-29-17-24/h7-10,13,16-17,21H,6,11-12,14-15,18-20H2,1-5H3. The van der Waals surface area contributed by atoms with Crippen LogP contribution in [0.25, 0.3) is 0 Å². The molecule has 4 rings (SSSR count). The molecule has 6 heteroatoms. The molecule has 3 aromatic rings. The van der Waals surface area contributed by atoms with Crippen LogP contribution >= 0.6 is 11.3 Å². The van der Waals surface area contributed by atoms with E-state index in [0.29, 0.717) is 0 Å². The Hall–Kier alpha value is -2.44. The summed E-state index contributed by atoms with van der Waals surface area (Å²) in [5, 5.41) is 0. The van der Waals surface area contributed by atoms with Gasteiger partial charge < -0.3 is 9.80 Å². The van der Waals surface area contributed by atoms with Gasteiger partial charge in [0.25, 0.3) is 0 Å². The normalized spacial score (nSPS) is 15.5. The maximum Gasteiger partial charge on any atom is 0.0798 e. The molecule has 0 aliphatic carbocycles. The number of anilines is 2. The number of rotatable bonds is 9. The van der Waals surface area contributed by atoms with Crippen molar-refractivity contribution in [2.75, 3.05) is 49.6 Å². The fraction of sp³-hybridized carbons (Fsp3) is 0.500. The molecule has 34 heavy (non-hydrogen) atoms. The fourth-order valence-corrected chi connectivity index (χ4v) is 5.85. The molecule has 3 heterocycles. The van der Waals surface area contributed by atoms with E-state index < -0.39 is 0 Å². The molecule has 0 fully saturated rings. The Balaban J connectivity index is 1.49. The Labute approximate surface area is 209 Å². The number of benzene rings is 1. The Bertz CT molecular complexity index is 1060. The molecule has 5 nitrogen and oxygen atoms in total. The van der Waals surface area contributed by atoms with Crippen LogP contribution in [-0.2, 0) is 19.4 Å². The highest BCUT2D eigenvalue weighted by Gasteiger charge is 2.29. The van der Waals surface area contributed by atoms with Gasteiger partial charge in [-0.05, 0) is 61.4 Å². The Morgan fingerprint density at radius 1 is 1.06 bits per heavy atom. The minimum Gasteiger partial charge on any atom is -0.372 e. The van der Waals surface area contributed by atoms with Crippen molar-refractivity contribution in [3.05, 3.63) is 69.9 Å². The van der Waals surface area contributed by atoms with E-state index >= 15 is 0 Å². The molecule has 0 spiro atoms. The van der Waals surface area contributed by atoms with Gasteiger partial charge >= 0.3 is 0 Å². The van der Waals surface area contributed by atoms with Crippen LogP contribution in [0.1, 0.15) is 42.5 Å². The molecule has 0 atom stereocenters. The van der Waals surface area contributed by atoms with E-state index in [2.05, 4.69) is 83.7 Å². The second-order valence-electron chi connectivity index (χ2n) is 10.4. The predicted molar refractivity (Wildman–Crippen MR) is 145 cm³/mol. The SMILES string of the molecule is CCN1CC(C)(C)CN(C)c2cc(CCN(CCc3cccnc3)Cc3scnc3C)ccc21. The van der Waals surface area contributed by atoms with E-state index in [1.807, 2.05) is 24.0 Å². The van der Waals surface area contributed by atoms with Gasteiger partial charge in [-0.15, -0.1) is 11.3 Å². The minimum absolute atomic E-state index is 0.264. The largest absolute Gasteiger partial charge is 0.372 e. The summed E-state index contributed by atoms with van der Waals surface area (Å²) in [6.45, 7) is 15.3. The summed E-state index contributed by atoms with van der Waals surface area (Å²) < 4.78 is 0. The number of aryl methyl sites for hydroxylation is 1. The highest BCUT2D eigenvalue weighted by molar-refractivity contribution is 7.09. The lowest BCUT2D eigenvalue weighted by molar-refractivity contribution is 0.273. The first-order valence-corrected chi connectivity index (χ1v) is 13.3. The predicted octanol–water partition coefficient (Wildman–Crippen LogP) is 5.44. The van der Waals surface area contributed by atoms with E-state index in [0.717, 1.165) is 57.8 Å². The maximum atomic E-state index is 4.47. The Morgan fingerprint density at radius 3 is 2.53 bits per heavy atom. The number of nitrogens with zero attached hydrogens (tertiary/aromatic N) is 5. The third-order valence-electron chi connectivity index (χ3n) is 6.83. The zero-order chi connectivity index (χ0) is 24.1. The van der Waals surface area contributed by atoms with Crippen LogP contribution in [0, 0.1) is 12.3 Å². The van der Waals surface area contributed by atoms with Crippen molar-refractivity contribution in [1.82, 2.24) is 14.9 Å². The van der Waals surface area contributed by atoms with Crippen LogP contribution in [0.5, 0.6) is 0 Å². The quantitative estimate of drug-likeness (QED) is 0.410. The van der Waals surface area contributed by atoms with Crippen LogP contribution in [-0.4, -0.2) is 54.6 Å². The lowest BCUT2D eigenvalue weighted by Crippen LogP contribution is -2.37. The molecule has 182 valence electrons. The molecule has 0 bridgehead atoms. The number of hydrogen-bond donors (Lipinski definition) is 0. The van der Waals surface area contributed by atoms with E-state index in [4.69, 9.17) is 0 Å². The third kappa shape index (κ3) is 6.16. The van der Waals surface area contributed by atoms with Crippen molar-refractivity contribution in [3.8, 4) is 0 Å². The Morgan fingerprint density at radius 2 is 1.85 bits per heavy atom. The summed E-state index contributed by atoms with van der Waals surface area (Å²) in [6, 6.07) is 11.3. The van der Waals surface area contributed by atoms with E-state index in [1.165, 1.54) is 27.4 Å². The molecule has 2 aromatic heterocycles. The van der Waals surface area contributed by atoms with Crippen molar-refractivity contribution in [1.29, 1.82) is 0 Å². The van der Waals surface area contributed by atoms with Crippen LogP contribution in [0.4, 0.5) is 11.4 Å². The van der Waals surface area contributed by atoms with Crippen molar-refractivity contribution < 1.29 is 0 Å². The average Bonchev–Trinajstić information content (AvgIpc) is 3.19. The number of thiazole rings is 1. The number of aromatic nitrogens is 2. The first-order chi connectivity index (χ1) is 16.3. The molecule has 0 radical (unpaired) electrons. The first-order valence-electron chi connectivity index (χ1n) is 12.4. The van der Waals surface area contributed by atoms with Gasteiger partial charge in [-0.1, -0.05) is 26.0 Å². The van der Waals surface area contributed by atoms with Gasteiger partial charge in [-0.2, -0.15) is 0 Å². The molecule has 1 aromatic carbocycles. The number of pyridine rings is 1. The molecule has 0 saturated heterocycles. The van der Waals surface area contributed by atoms with Gasteiger partial charge in [0.1, 0.15) is 0 Å². The maximum absolute atomic E-state index is 4.47. The molecule has 1 aliphatic heterocycles. The van der Waals surface area contributed by atoms with Gasteiger partial charge in [-0.3, -0.25) is 9.88 Å². The van der Waals surface area contributed by atoms with E-state index in [-0.39, 0.29) is 5.41 Å². The molecule has 0 saturated carbocycles. The second kappa shape index (κ2) is 10.9. The van der Waals surface area contributed by atoms with Gasteiger partial charge in [0.2, 0.25) is 0 Å². The van der Waals surface area contributed by atoms with Crippen LogP contribution < -0.4 is 9.80 Å². The third-order valence-corrected chi connectivity index (χ3v) is 7.75. The van der Waals surface area contributed by atoms with Crippen molar-refractivity contribution in [3.63, 3.8) is 0 Å². The molecule has 0 N–H and O–H groups in total. The minimum atomic E-state index is 0.264. The van der Waals surface area contributed by atoms with Crippen LogP contribution in [0.15, 0.2) is 48.2 Å². The molecular formula is C28H39N5S. The first kappa shape index (κ1) is 24.7. The zero-order valence-electron chi connectivity index (χ0n) is 21.4. The van der Waals surface area contributed by atoms with Gasteiger partial charge in [0.05, 0.1) is 22.6 Å². The molecule has 0 amide bonds. The molecule has 0 unspecified atom stereocenters. The smallest absolute Gasteiger partial charge is 0.0798 e. The summed E-state index contributed by atoms with van der Waals surface area (Å²) in [4.78, 5) is 17.7. The summed E-state index contributed by atoms with van der Waals surface area (Å²) >= 11 is 1.77. The zero-order valence-corrected chi connectivity index (χ0v) is 22.2. The van der Waals surface area contributed by atoms with E-state index in [1.54, 1.807) is 11.3 Å². The average molecular weight is 478 g/mol. The van der Waals surface area contributed by atoms with Crippen molar-refractivity contribution in [2.45, 2.75) is 47.1 Å². The summed E-state index contributed by atoms with van der Waals surface area (Å²) in [5.74, 6) is 0. The van der Waals surface area contributed by atoms with E-state index in [9.17, 15) is 0 Å². The van der Waals surface area contributed by atoms with Gasteiger partial charge in [-0.25, -0.2) is 4.98 Å². The summed E-state index contributed by atoms with van der Waals surface area (Å²) in [7, 11) is 2.25. The lowest BCUT2D eigenvalue weighted by Gasteiger charge is -2.30. The van der Waals surface area contributed by atoms with Crippen molar-refractivity contribution >= 4 is 22.7 Å². The lowest BCUT2D eigenvalue weighted by atomic mass is 9.92. The number of hydrogen-bond acceptors (Lipinski definition) is 6.